The van der Waals surface area contributed by atoms with E-state index < -0.39 is 48.4 Å². The van der Waals surface area contributed by atoms with Gasteiger partial charge in [-0.05, 0) is 18.4 Å². The molecule has 1 unspecified atom stereocenters. The van der Waals surface area contributed by atoms with E-state index in [0.717, 1.165) is 0 Å². The molecule has 1 atom stereocenters. The maximum Gasteiger partial charge on any atom is 0.336 e. The summed E-state index contributed by atoms with van der Waals surface area (Å²) < 4.78 is 0. The summed E-state index contributed by atoms with van der Waals surface area (Å²) in [5, 5.41) is 50.6. The molecule has 0 amide bonds. The van der Waals surface area contributed by atoms with Gasteiger partial charge < -0.3 is 30.6 Å². The second-order valence-electron chi connectivity index (χ2n) is 4.11. The first-order valence-electron chi connectivity index (χ1n) is 5.75. The first-order valence-corrected chi connectivity index (χ1v) is 7.14. The van der Waals surface area contributed by atoms with Crippen molar-refractivity contribution in [3.05, 3.63) is 0 Å². The van der Waals surface area contributed by atoms with Crippen LogP contribution in [-0.2, 0) is 19.2 Å². The molecule has 128 valence electrons. The summed E-state index contributed by atoms with van der Waals surface area (Å²) in [5.41, 5.74) is -2.74. The minimum Gasteiger partial charge on any atom is -0.481 e. The molecule has 0 heterocycles. The summed E-state index contributed by atoms with van der Waals surface area (Å²) in [6, 6.07) is 0. The summed E-state index contributed by atoms with van der Waals surface area (Å²) >= 11 is 1.52. The molecule has 0 radical (unpaired) electrons. The Morgan fingerprint density at radius 1 is 1.00 bits per heavy atom. The smallest absolute Gasteiger partial charge is 0.336 e. The van der Waals surface area contributed by atoms with Crippen molar-refractivity contribution in [3.8, 4) is 0 Å². The monoisotopic (exact) mass is 342 g/mol. The number of thioether (sulfide) groups is 1. The van der Waals surface area contributed by atoms with Crippen LogP contribution in [0.2, 0.25) is 0 Å². The van der Waals surface area contributed by atoms with Gasteiger partial charge in [-0.3, -0.25) is 9.59 Å². The number of aliphatic hydroxyl groups excluding tert-OH is 1. The fraction of sp³-hybridized carbons (Fsp3) is 0.636. The van der Waals surface area contributed by atoms with Gasteiger partial charge in [-0.25, -0.2) is 9.59 Å². The molecule has 6 N–H and O–H groups in total. The predicted octanol–water partition coefficient (Wildman–Crippen LogP) is -1.06. The van der Waals surface area contributed by atoms with Crippen molar-refractivity contribution in [2.75, 3.05) is 12.0 Å². The zero-order valence-electron chi connectivity index (χ0n) is 11.6. The molecule has 0 saturated heterocycles. The van der Waals surface area contributed by atoms with E-state index in [1.165, 1.54) is 11.8 Å². The topological polar surface area (TPSA) is 190 Å². The molecule has 22 heavy (non-hydrogen) atoms. The highest BCUT2D eigenvalue weighted by molar-refractivity contribution is 7.98. The lowest BCUT2D eigenvalue weighted by molar-refractivity contribution is -0.170. The summed E-state index contributed by atoms with van der Waals surface area (Å²) in [5.74, 6) is -5.47. The van der Waals surface area contributed by atoms with E-state index in [9.17, 15) is 19.2 Å². The number of aliphatic hydroxyl groups is 2. The van der Waals surface area contributed by atoms with E-state index >= 15 is 0 Å². The number of hydrogen-bond donors (Lipinski definition) is 6. The fourth-order valence-corrected chi connectivity index (χ4v) is 1.53. The molecule has 0 aliphatic rings. The molecule has 0 spiro atoms. The van der Waals surface area contributed by atoms with Crippen LogP contribution in [0.25, 0.3) is 0 Å². The number of rotatable bonds is 9. The Kier molecular flexibility index (Phi) is 11.0. The lowest BCUT2D eigenvalue weighted by Crippen LogP contribution is -2.42. The first kappa shape index (κ1) is 22.4. The molecule has 0 bridgehead atoms. The van der Waals surface area contributed by atoms with Crippen molar-refractivity contribution in [1.29, 1.82) is 0 Å². The van der Waals surface area contributed by atoms with E-state index in [4.69, 9.17) is 30.6 Å². The minimum absolute atomic E-state index is 0.330. The molecular formula is C11H18O10S. The van der Waals surface area contributed by atoms with Crippen LogP contribution in [0.5, 0.6) is 0 Å². The molecule has 0 aliphatic heterocycles. The Morgan fingerprint density at radius 3 is 1.64 bits per heavy atom. The van der Waals surface area contributed by atoms with Gasteiger partial charge in [0.2, 0.25) is 0 Å². The van der Waals surface area contributed by atoms with Crippen LogP contribution in [0.3, 0.4) is 0 Å². The van der Waals surface area contributed by atoms with Gasteiger partial charge in [-0.2, -0.15) is 11.8 Å². The largest absolute Gasteiger partial charge is 0.481 e. The Balaban J connectivity index is 0. The average molecular weight is 342 g/mol. The molecule has 0 aromatic heterocycles. The van der Waals surface area contributed by atoms with Gasteiger partial charge in [-0.1, -0.05) is 0 Å². The Morgan fingerprint density at radius 2 is 1.41 bits per heavy atom. The van der Waals surface area contributed by atoms with Crippen molar-refractivity contribution in [1.82, 2.24) is 0 Å². The third kappa shape index (κ3) is 10.9. The van der Waals surface area contributed by atoms with Crippen LogP contribution in [0, 0.1) is 0 Å². The molecule has 0 rings (SSSR count). The van der Waals surface area contributed by atoms with E-state index in [-0.39, 0.29) is 0 Å². The minimum atomic E-state index is -2.74. The number of carbonyl (C=O) groups is 4. The third-order valence-electron chi connectivity index (χ3n) is 2.17. The predicted molar refractivity (Wildman–Crippen MR) is 73.7 cm³/mol. The molecule has 0 saturated carbocycles. The normalized spacial score (nSPS) is 11.8. The van der Waals surface area contributed by atoms with E-state index in [2.05, 4.69) is 0 Å². The summed E-state index contributed by atoms with van der Waals surface area (Å²) in [6.07, 6.45) is -1.27. The van der Waals surface area contributed by atoms with Crippen molar-refractivity contribution in [2.24, 2.45) is 0 Å². The van der Waals surface area contributed by atoms with Gasteiger partial charge in [-0.15, -0.1) is 0 Å². The van der Waals surface area contributed by atoms with E-state index in [1.54, 1.807) is 0 Å². The van der Waals surface area contributed by atoms with Gasteiger partial charge in [0.05, 0.1) is 12.8 Å². The Hall–Kier alpha value is -1.85. The second-order valence-corrected chi connectivity index (χ2v) is 5.10. The zero-order chi connectivity index (χ0) is 17.9. The standard InChI is InChI=1S/C6H8O7.C5H10O3S/c7-3(8)1-6(13,5(11)12)2-4(9)10;1-9-3-2-4(6)5(7)8/h13H,1-2H2,(H,7,8)(H,9,10)(H,11,12);4,6H,2-3H2,1H3,(H,7,8). The van der Waals surface area contributed by atoms with Crippen molar-refractivity contribution >= 4 is 35.6 Å². The SMILES string of the molecule is CSCCC(O)C(=O)O.O=C(O)CC(O)(CC(=O)O)C(=O)O. The lowest BCUT2D eigenvalue weighted by atomic mass is 9.96. The van der Waals surface area contributed by atoms with Gasteiger partial charge in [0.15, 0.2) is 11.7 Å². The van der Waals surface area contributed by atoms with Crippen molar-refractivity contribution < 1.29 is 49.8 Å². The number of carboxylic acids is 4. The van der Waals surface area contributed by atoms with Gasteiger partial charge in [0, 0.05) is 0 Å². The molecule has 0 aromatic carbocycles. The van der Waals surface area contributed by atoms with Crippen LogP contribution >= 0.6 is 11.8 Å². The number of carboxylic acid groups (broad SMARTS) is 4. The van der Waals surface area contributed by atoms with Crippen LogP contribution in [0.4, 0.5) is 0 Å². The fourth-order valence-electron chi connectivity index (χ4n) is 1.07. The molecule has 10 nitrogen and oxygen atoms in total. The summed E-state index contributed by atoms with van der Waals surface area (Å²) in [4.78, 5) is 40.4. The van der Waals surface area contributed by atoms with Crippen LogP contribution in [0.1, 0.15) is 19.3 Å². The summed E-state index contributed by atoms with van der Waals surface area (Å²) in [6.45, 7) is 0. The Labute approximate surface area is 129 Å². The quantitative estimate of drug-likeness (QED) is 0.299. The second kappa shape index (κ2) is 10.8. The highest BCUT2D eigenvalue weighted by Crippen LogP contribution is 2.15. The highest BCUT2D eigenvalue weighted by atomic mass is 32.2. The maximum absolute atomic E-state index is 10.3. The number of hydrogen-bond acceptors (Lipinski definition) is 7. The van der Waals surface area contributed by atoms with E-state index in [0.29, 0.717) is 12.2 Å². The molecule has 0 aromatic rings. The van der Waals surface area contributed by atoms with Gasteiger partial charge >= 0.3 is 23.9 Å². The van der Waals surface area contributed by atoms with Crippen molar-refractivity contribution in [2.45, 2.75) is 31.0 Å². The lowest BCUT2D eigenvalue weighted by Gasteiger charge is -2.18. The van der Waals surface area contributed by atoms with Gasteiger partial charge in [0.25, 0.3) is 0 Å². The molecular weight excluding hydrogens is 324 g/mol. The third-order valence-corrected chi connectivity index (χ3v) is 2.81. The average Bonchev–Trinajstić information content (AvgIpc) is 2.34. The number of aliphatic carboxylic acids is 4. The summed E-state index contributed by atoms with van der Waals surface area (Å²) in [7, 11) is 0. The van der Waals surface area contributed by atoms with Crippen molar-refractivity contribution in [3.63, 3.8) is 0 Å². The molecule has 0 aliphatic carbocycles. The van der Waals surface area contributed by atoms with Crippen LogP contribution in [0.15, 0.2) is 0 Å². The maximum atomic E-state index is 10.3. The van der Waals surface area contributed by atoms with E-state index in [1.807, 2.05) is 6.26 Å². The van der Waals surface area contributed by atoms with Crippen LogP contribution < -0.4 is 0 Å². The first-order chi connectivity index (χ1) is 9.96. The highest BCUT2D eigenvalue weighted by Gasteiger charge is 2.40. The Bertz CT molecular complexity index is 392. The molecule has 0 fully saturated rings. The van der Waals surface area contributed by atoms with Crippen LogP contribution in [-0.4, -0.2) is 78.2 Å². The van der Waals surface area contributed by atoms with Gasteiger partial charge in [0.1, 0.15) is 0 Å². The molecule has 11 heteroatoms. The zero-order valence-corrected chi connectivity index (χ0v) is 12.4.